The van der Waals surface area contributed by atoms with Crippen LogP contribution in [0.3, 0.4) is 0 Å². The molecule has 0 aromatic heterocycles. The standard InChI is InChI=1S/C25H36N4O7/c1-4-25(3,5-2)17-13-23(35)29(24(17)36)14-22(34)27-10-8-20(32)26-11-9-21(33)28-18-12-16(15-30)6-7-19(18)31/h6-7,12,17,30-31H,4-5,8-11,13-15H2,1-3H3,(H,26,32)(H,27,34)(H,28,33). The Hall–Kier alpha value is -3.47. The number of phenols is 1. The van der Waals surface area contributed by atoms with E-state index in [4.69, 9.17) is 5.11 Å². The summed E-state index contributed by atoms with van der Waals surface area (Å²) in [7, 11) is 0. The summed E-state index contributed by atoms with van der Waals surface area (Å²) in [6.45, 7) is 5.39. The largest absolute Gasteiger partial charge is 0.506 e. The zero-order valence-corrected chi connectivity index (χ0v) is 21.1. The van der Waals surface area contributed by atoms with Crippen LogP contribution >= 0.6 is 0 Å². The number of aromatic hydroxyl groups is 1. The van der Waals surface area contributed by atoms with Crippen molar-refractivity contribution in [3.8, 4) is 5.75 Å². The number of anilines is 1. The molecule has 1 aromatic carbocycles. The predicted molar refractivity (Wildman–Crippen MR) is 131 cm³/mol. The zero-order valence-electron chi connectivity index (χ0n) is 21.1. The molecule has 2 rings (SSSR count). The molecule has 1 saturated heterocycles. The third kappa shape index (κ3) is 7.51. The van der Waals surface area contributed by atoms with E-state index < -0.39 is 17.7 Å². The summed E-state index contributed by atoms with van der Waals surface area (Å²) < 4.78 is 0. The van der Waals surface area contributed by atoms with Gasteiger partial charge in [0.25, 0.3) is 0 Å². The van der Waals surface area contributed by atoms with Crippen LogP contribution in [-0.2, 0) is 30.6 Å². The average Bonchev–Trinajstić information content (AvgIpc) is 3.13. The number of aliphatic hydroxyl groups excluding tert-OH is 1. The van der Waals surface area contributed by atoms with Crippen LogP contribution in [0, 0.1) is 11.3 Å². The molecule has 1 atom stereocenters. The third-order valence-electron chi connectivity index (χ3n) is 6.87. The molecule has 0 radical (unpaired) electrons. The molecular formula is C25H36N4O7. The van der Waals surface area contributed by atoms with Crippen molar-refractivity contribution in [2.75, 3.05) is 25.0 Å². The molecular weight excluding hydrogens is 468 g/mol. The van der Waals surface area contributed by atoms with Gasteiger partial charge in [-0.05, 0) is 36.0 Å². The van der Waals surface area contributed by atoms with Crippen LogP contribution in [-0.4, -0.2) is 64.3 Å². The first-order chi connectivity index (χ1) is 17.0. The van der Waals surface area contributed by atoms with Crippen molar-refractivity contribution in [2.24, 2.45) is 11.3 Å². The molecule has 0 spiro atoms. The van der Waals surface area contributed by atoms with Gasteiger partial charge in [0.1, 0.15) is 12.3 Å². The van der Waals surface area contributed by atoms with Gasteiger partial charge >= 0.3 is 0 Å². The van der Waals surface area contributed by atoms with Gasteiger partial charge in [-0.15, -0.1) is 0 Å². The van der Waals surface area contributed by atoms with E-state index >= 15 is 0 Å². The maximum absolute atomic E-state index is 12.7. The summed E-state index contributed by atoms with van der Waals surface area (Å²) in [5.41, 5.74) is 0.393. The Kier molecular flexibility index (Phi) is 10.4. The molecule has 1 aliphatic heterocycles. The summed E-state index contributed by atoms with van der Waals surface area (Å²) in [6.07, 6.45) is 1.52. The van der Waals surface area contributed by atoms with Gasteiger partial charge in [0.05, 0.1) is 18.2 Å². The van der Waals surface area contributed by atoms with Gasteiger partial charge in [-0.2, -0.15) is 0 Å². The highest BCUT2D eigenvalue weighted by molar-refractivity contribution is 6.06. The Balaban J connectivity index is 1.69. The number of imide groups is 1. The minimum atomic E-state index is -0.524. The van der Waals surface area contributed by atoms with Gasteiger partial charge in [0.2, 0.25) is 29.5 Å². The summed E-state index contributed by atoms with van der Waals surface area (Å²) >= 11 is 0. The fraction of sp³-hybridized carbons (Fsp3) is 0.560. The number of likely N-dealkylation sites (tertiary alicyclic amines) is 1. The maximum Gasteiger partial charge on any atom is 0.240 e. The zero-order chi connectivity index (χ0) is 26.9. The lowest BCUT2D eigenvalue weighted by molar-refractivity contribution is -0.144. The SMILES string of the molecule is CCC(C)(CC)C1CC(=O)N(CC(=O)NCCC(=O)NCCC(=O)Nc2cc(CO)ccc2O)C1=O. The van der Waals surface area contributed by atoms with Crippen molar-refractivity contribution in [2.45, 2.75) is 59.5 Å². The van der Waals surface area contributed by atoms with E-state index in [1.807, 2.05) is 20.8 Å². The maximum atomic E-state index is 12.7. The Morgan fingerprint density at radius 2 is 1.64 bits per heavy atom. The van der Waals surface area contributed by atoms with E-state index in [1.165, 1.54) is 18.2 Å². The van der Waals surface area contributed by atoms with Crippen LogP contribution in [0.4, 0.5) is 5.69 Å². The number of hydrogen-bond donors (Lipinski definition) is 5. The Bertz CT molecular complexity index is 991. The number of carbonyl (C=O) groups excluding carboxylic acids is 5. The van der Waals surface area contributed by atoms with E-state index in [1.54, 1.807) is 0 Å². The second-order valence-electron chi connectivity index (χ2n) is 9.19. The lowest BCUT2D eigenvalue weighted by atomic mass is 9.72. The van der Waals surface area contributed by atoms with Crippen molar-refractivity contribution >= 4 is 35.2 Å². The van der Waals surface area contributed by atoms with Crippen LogP contribution in [0.2, 0.25) is 0 Å². The molecule has 36 heavy (non-hydrogen) atoms. The molecule has 0 bridgehead atoms. The molecule has 5 amide bonds. The molecule has 198 valence electrons. The van der Waals surface area contributed by atoms with Crippen molar-refractivity contribution < 1.29 is 34.2 Å². The minimum absolute atomic E-state index is 0.0139. The highest BCUT2D eigenvalue weighted by Crippen LogP contribution is 2.41. The first-order valence-corrected chi connectivity index (χ1v) is 12.1. The molecule has 11 nitrogen and oxygen atoms in total. The van der Waals surface area contributed by atoms with Crippen molar-refractivity contribution in [3.63, 3.8) is 0 Å². The molecule has 1 aromatic rings. The molecule has 11 heteroatoms. The second kappa shape index (κ2) is 13.0. The van der Waals surface area contributed by atoms with Crippen molar-refractivity contribution in [1.82, 2.24) is 15.5 Å². The number of carbonyl (C=O) groups is 5. The molecule has 0 saturated carbocycles. The van der Waals surface area contributed by atoms with E-state index in [0.29, 0.717) is 5.56 Å². The summed E-state index contributed by atoms with van der Waals surface area (Å²) in [5.74, 6) is -2.60. The van der Waals surface area contributed by atoms with Crippen molar-refractivity contribution in [1.29, 1.82) is 0 Å². The second-order valence-corrected chi connectivity index (χ2v) is 9.19. The topological polar surface area (TPSA) is 165 Å². The summed E-state index contributed by atoms with van der Waals surface area (Å²) in [5, 5.41) is 26.5. The number of aliphatic hydroxyl groups is 1. The smallest absolute Gasteiger partial charge is 0.240 e. The Labute approximate surface area is 210 Å². The molecule has 0 aliphatic carbocycles. The fourth-order valence-electron chi connectivity index (χ4n) is 4.05. The first kappa shape index (κ1) is 28.8. The number of amides is 5. The highest BCUT2D eigenvalue weighted by Gasteiger charge is 2.47. The summed E-state index contributed by atoms with van der Waals surface area (Å²) in [4.78, 5) is 62.3. The Morgan fingerprint density at radius 1 is 1.03 bits per heavy atom. The first-order valence-electron chi connectivity index (χ1n) is 12.1. The number of nitrogens with one attached hydrogen (secondary N) is 3. The van der Waals surface area contributed by atoms with Crippen molar-refractivity contribution in [3.05, 3.63) is 23.8 Å². The van der Waals surface area contributed by atoms with Gasteiger partial charge in [-0.1, -0.05) is 26.8 Å². The normalized spacial score (nSPS) is 15.7. The predicted octanol–water partition coefficient (Wildman–Crippen LogP) is 1.04. The quantitative estimate of drug-likeness (QED) is 0.198. The number of hydrogen-bond acceptors (Lipinski definition) is 7. The lowest BCUT2D eigenvalue weighted by Gasteiger charge is -2.31. The van der Waals surface area contributed by atoms with Gasteiger partial charge in [-0.3, -0.25) is 28.9 Å². The number of rotatable bonds is 13. The van der Waals surface area contributed by atoms with Crippen LogP contribution in [0.25, 0.3) is 0 Å². The molecule has 5 N–H and O–H groups in total. The van der Waals surface area contributed by atoms with Crippen LogP contribution in [0.1, 0.15) is 58.4 Å². The Morgan fingerprint density at radius 3 is 2.25 bits per heavy atom. The lowest BCUT2D eigenvalue weighted by Crippen LogP contribution is -2.43. The van der Waals surface area contributed by atoms with Gasteiger partial charge < -0.3 is 26.2 Å². The molecule has 1 heterocycles. The average molecular weight is 505 g/mol. The minimum Gasteiger partial charge on any atom is -0.506 e. The van der Waals surface area contributed by atoms with Gasteiger partial charge in [-0.25, -0.2) is 0 Å². The number of nitrogens with zero attached hydrogens (tertiary/aromatic N) is 1. The highest BCUT2D eigenvalue weighted by atomic mass is 16.3. The van der Waals surface area contributed by atoms with Crippen LogP contribution < -0.4 is 16.0 Å². The van der Waals surface area contributed by atoms with Crippen LogP contribution in [0.5, 0.6) is 5.75 Å². The number of phenolic OH excluding ortho intramolecular Hbond substituents is 1. The van der Waals surface area contributed by atoms with E-state index in [2.05, 4.69) is 16.0 Å². The van der Waals surface area contributed by atoms with E-state index in [0.717, 1.165) is 17.7 Å². The monoisotopic (exact) mass is 504 g/mol. The third-order valence-corrected chi connectivity index (χ3v) is 6.87. The van der Waals surface area contributed by atoms with E-state index in [9.17, 15) is 29.1 Å². The van der Waals surface area contributed by atoms with Gasteiger partial charge in [0, 0.05) is 32.4 Å². The van der Waals surface area contributed by atoms with Crippen LogP contribution in [0.15, 0.2) is 18.2 Å². The fourth-order valence-corrected chi connectivity index (χ4v) is 4.05. The summed E-state index contributed by atoms with van der Waals surface area (Å²) in [6, 6.07) is 4.33. The van der Waals surface area contributed by atoms with Gasteiger partial charge in [0.15, 0.2) is 0 Å². The molecule has 1 unspecified atom stereocenters. The number of benzene rings is 1. The molecule has 1 fully saturated rings. The van der Waals surface area contributed by atoms with E-state index in [-0.39, 0.29) is 80.1 Å². The molecule has 1 aliphatic rings.